The molecule has 0 aliphatic carbocycles. The summed E-state index contributed by atoms with van der Waals surface area (Å²) in [6.45, 7) is 1.46. The zero-order chi connectivity index (χ0) is 16.9. The minimum absolute atomic E-state index is 0.0474. The third kappa shape index (κ3) is 3.40. The molecule has 5 heteroatoms. The number of carbonyl (C=O) groups excluding carboxylic acids is 2. The van der Waals surface area contributed by atoms with E-state index in [9.17, 15) is 9.59 Å². The zero-order valence-corrected chi connectivity index (χ0v) is 13.6. The molecule has 0 radical (unpaired) electrons. The lowest BCUT2D eigenvalue weighted by Gasteiger charge is -2.22. The van der Waals surface area contributed by atoms with Crippen molar-refractivity contribution in [2.45, 2.75) is 6.42 Å². The van der Waals surface area contributed by atoms with Gasteiger partial charge in [0.2, 0.25) is 5.91 Å². The Morgan fingerprint density at radius 1 is 0.958 bits per heavy atom. The fourth-order valence-electron chi connectivity index (χ4n) is 2.82. The number of hydrogen-bond donors (Lipinski definition) is 0. The van der Waals surface area contributed by atoms with E-state index in [0.29, 0.717) is 37.4 Å². The summed E-state index contributed by atoms with van der Waals surface area (Å²) in [7, 11) is 1.59. The number of methoxy groups -OCH3 is 1. The Morgan fingerprint density at radius 3 is 2.33 bits per heavy atom. The van der Waals surface area contributed by atoms with Crippen LogP contribution in [0.3, 0.4) is 0 Å². The number of ether oxygens (including phenoxy) is 1. The zero-order valence-electron chi connectivity index (χ0n) is 13.6. The maximum absolute atomic E-state index is 12.7. The maximum atomic E-state index is 12.7. The lowest BCUT2D eigenvalue weighted by Crippen LogP contribution is -2.35. The van der Waals surface area contributed by atoms with Gasteiger partial charge >= 0.3 is 0 Å². The van der Waals surface area contributed by atoms with Gasteiger partial charge in [-0.3, -0.25) is 9.59 Å². The van der Waals surface area contributed by atoms with Crippen LogP contribution in [0.5, 0.6) is 5.75 Å². The van der Waals surface area contributed by atoms with E-state index in [4.69, 9.17) is 4.74 Å². The molecule has 0 bridgehead atoms. The fourth-order valence-corrected chi connectivity index (χ4v) is 2.82. The van der Waals surface area contributed by atoms with Gasteiger partial charge in [0.05, 0.1) is 7.11 Å². The van der Waals surface area contributed by atoms with Crippen molar-refractivity contribution in [1.82, 2.24) is 4.90 Å². The first-order valence-corrected chi connectivity index (χ1v) is 7.98. The summed E-state index contributed by atoms with van der Waals surface area (Å²) in [5.41, 5.74) is 1.48. The third-order valence-electron chi connectivity index (χ3n) is 4.18. The highest BCUT2D eigenvalue weighted by Gasteiger charge is 2.25. The Kier molecular flexibility index (Phi) is 4.79. The predicted octanol–water partition coefficient (Wildman–Crippen LogP) is 2.57. The SMILES string of the molecule is COc1ccc(C(=O)N2CCC(=O)N(c3ccccc3)CC2)cc1. The predicted molar refractivity (Wildman–Crippen MR) is 92.3 cm³/mol. The standard InChI is InChI=1S/C19H20N2O3/c1-24-17-9-7-15(8-10-17)19(23)20-12-11-18(22)21(14-13-20)16-5-3-2-4-6-16/h2-10H,11-14H2,1H3. The highest BCUT2D eigenvalue weighted by molar-refractivity contribution is 5.97. The Morgan fingerprint density at radius 2 is 1.67 bits per heavy atom. The number of carbonyl (C=O) groups is 2. The van der Waals surface area contributed by atoms with E-state index in [2.05, 4.69) is 0 Å². The van der Waals surface area contributed by atoms with Crippen LogP contribution in [0.2, 0.25) is 0 Å². The van der Waals surface area contributed by atoms with Crippen LogP contribution in [0.1, 0.15) is 16.8 Å². The average molecular weight is 324 g/mol. The van der Waals surface area contributed by atoms with Crippen molar-refractivity contribution in [1.29, 1.82) is 0 Å². The second-order valence-corrected chi connectivity index (χ2v) is 5.65. The van der Waals surface area contributed by atoms with Gasteiger partial charge in [-0.25, -0.2) is 0 Å². The van der Waals surface area contributed by atoms with Crippen LogP contribution >= 0.6 is 0 Å². The van der Waals surface area contributed by atoms with Gasteiger partial charge in [0.1, 0.15) is 5.75 Å². The quantitative estimate of drug-likeness (QED) is 0.872. The number of benzene rings is 2. The van der Waals surface area contributed by atoms with Crippen LogP contribution in [-0.4, -0.2) is 43.5 Å². The minimum Gasteiger partial charge on any atom is -0.497 e. The first-order chi connectivity index (χ1) is 11.7. The van der Waals surface area contributed by atoms with Crippen LogP contribution in [0.15, 0.2) is 54.6 Å². The summed E-state index contributed by atoms with van der Waals surface area (Å²) in [5.74, 6) is 0.708. The van der Waals surface area contributed by atoms with Gasteiger partial charge in [0, 0.05) is 37.3 Å². The average Bonchev–Trinajstić information content (AvgIpc) is 2.84. The molecule has 3 rings (SSSR count). The Labute approximate surface area is 141 Å². The highest BCUT2D eigenvalue weighted by Crippen LogP contribution is 2.19. The van der Waals surface area contributed by atoms with Gasteiger partial charge in [-0.05, 0) is 36.4 Å². The largest absolute Gasteiger partial charge is 0.497 e. The van der Waals surface area contributed by atoms with E-state index in [0.717, 1.165) is 5.69 Å². The van der Waals surface area contributed by atoms with E-state index in [1.807, 2.05) is 30.3 Å². The lowest BCUT2D eigenvalue weighted by molar-refractivity contribution is -0.118. The molecule has 0 atom stereocenters. The molecule has 24 heavy (non-hydrogen) atoms. The smallest absolute Gasteiger partial charge is 0.253 e. The molecule has 1 fully saturated rings. The van der Waals surface area contributed by atoms with Crippen molar-refractivity contribution in [2.75, 3.05) is 31.6 Å². The molecule has 0 aromatic heterocycles. The molecule has 0 saturated carbocycles. The summed E-state index contributed by atoms with van der Waals surface area (Å²) in [6.07, 6.45) is 0.330. The number of anilines is 1. The first kappa shape index (κ1) is 16.1. The van der Waals surface area contributed by atoms with E-state index >= 15 is 0 Å². The summed E-state index contributed by atoms with van der Waals surface area (Å²) in [4.78, 5) is 28.5. The molecule has 1 saturated heterocycles. The number of hydrogen-bond acceptors (Lipinski definition) is 3. The molecule has 1 heterocycles. The minimum atomic E-state index is -0.0552. The molecule has 0 unspecified atom stereocenters. The van der Waals surface area contributed by atoms with Gasteiger partial charge in [0.15, 0.2) is 0 Å². The molecule has 1 aliphatic rings. The Balaban J connectivity index is 1.72. The molecule has 124 valence electrons. The molecular formula is C19H20N2O3. The van der Waals surface area contributed by atoms with Crippen LogP contribution in [-0.2, 0) is 4.79 Å². The van der Waals surface area contributed by atoms with Crippen molar-refractivity contribution in [3.8, 4) is 5.75 Å². The summed E-state index contributed by atoms with van der Waals surface area (Å²) < 4.78 is 5.12. The Bertz CT molecular complexity index is 713. The van der Waals surface area contributed by atoms with Gasteiger partial charge in [-0.15, -0.1) is 0 Å². The second kappa shape index (κ2) is 7.17. The van der Waals surface area contributed by atoms with Crippen molar-refractivity contribution < 1.29 is 14.3 Å². The van der Waals surface area contributed by atoms with Crippen molar-refractivity contribution >= 4 is 17.5 Å². The molecule has 0 spiro atoms. The van der Waals surface area contributed by atoms with Gasteiger partial charge < -0.3 is 14.5 Å². The number of rotatable bonds is 3. The van der Waals surface area contributed by atoms with Crippen molar-refractivity contribution in [2.24, 2.45) is 0 Å². The van der Waals surface area contributed by atoms with Gasteiger partial charge in [-0.2, -0.15) is 0 Å². The molecule has 5 nitrogen and oxygen atoms in total. The third-order valence-corrected chi connectivity index (χ3v) is 4.18. The van der Waals surface area contributed by atoms with E-state index in [1.165, 1.54) is 0 Å². The van der Waals surface area contributed by atoms with Crippen LogP contribution in [0, 0.1) is 0 Å². The molecule has 2 aromatic carbocycles. The van der Waals surface area contributed by atoms with Crippen LogP contribution in [0.25, 0.3) is 0 Å². The van der Waals surface area contributed by atoms with E-state index in [1.54, 1.807) is 41.2 Å². The first-order valence-electron chi connectivity index (χ1n) is 7.98. The van der Waals surface area contributed by atoms with E-state index in [-0.39, 0.29) is 11.8 Å². The summed E-state index contributed by atoms with van der Waals surface area (Å²) >= 11 is 0. The van der Waals surface area contributed by atoms with Crippen LogP contribution < -0.4 is 9.64 Å². The summed E-state index contributed by atoms with van der Waals surface area (Å²) in [6, 6.07) is 16.6. The van der Waals surface area contributed by atoms with Crippen molar-refractivity contribution in [3.05, 3.63) is 60.2 Å². The normalized spacial score (nSPS) is 15.1. The molecule has 2 aromatic rings. The molecular weight excluding hydrogens is 304 g/mol. The lowest BCUT2D eigenvalue weighted by atomic mass is 10.2. The van der Waals surface area contributed by atoms with Crippen molar-refractivity contribution in [3.63, 3.8) is 0 Å². The second-order valence-electron chi connectivity index (χ2n) is 5.65. The topological polar surface area (TPSA) is 49.9 Å². The van der Waals surface area contributed by atoms with Gasteiger partial charge in [-0.1, -0.05) is 18.2 Å². The summed E-state index contributed by atoms with van der Waals surface area (Å²) in [5, 5.41) is 0. The number of amides is 2. The Hall–Kier alpha value is -2.82. The molecule has 2 amide bonds. The maximum Gasteiger partial charge on any atom is 0.253 e. The highest BCUT2D eigenvalue weighted by atomic mass is 16.5. The molecule has 1 aliphatic heterocycles. The fraction of sp³-hybridized carbons (Fsp3) is 0.263. The van der Waals surface area contributed by atoms with Gasteiger partial charge in [0.25, 0.3) is 5.91 Å². The monoisotopic (exact) mass is 324 g/mol. The molecule has 0 N–H and O–H groups in total. The number of nitrogens with zero attached hydrogens (tertiary/aromatic N) is 2. The van der Waals surface area contributed by atoms with E-state index < -0.39 is 0 Å². The van der Waals surface area contributed by atoms with Crippen LogP contribution in [0.4, 0.5) is 5.69 Å². The number of para-hydroxylation sites is 1.